The fourth-order valence-corrected chi connectivity index (χ4v) is 2.35. The molecule has 7 nitrogen and oxygen atoms in total. The van der Waals surface area contributed by atoms with Crippen LogP contribution in [0.15, 0.2) is 0 Å². The van der Waals surface area contributed by atoms with Crippen LogP contribution in [0.3, 0.4) is 0 Å². The molecule has 1 saturated heterocycles. The maximum atomic E-state index is 12.3. The molecule has 0 bridgehead atoms. The van der Waals surface area contributed by atoms with Crippen molar-refractivity contribution in [3.05, 3.63) is 10.6 Å². The molecule has 1 aromatic heterocycles. The summed E-state index contributed by atoms with van der Waals surface area (Å²) in [6.07, 6.45) is 0. The van der Waals surface area contributed by atoms with Crippen LogP contribution in [0.25, 0.3) is 0 Å². The standard InChI is InChI=1S/C10H13N3O4S/c1-6-8(18-12-11-6)9(14)13-3-4-17-5-7(13)10(15)16-2/h7H,3-5H2,1-2H3. The van der Waals surface area contributed by atoms with Gasteiger partial charge in [-0.15, -0.1) is 5.10 Å². The third-order valence-corrected chi connectivity index (χ3v) is 3.52. The van der Waals surface area contributed by atoms with Crippen molar-refractivity contribution in [2.75, 3.05) is 26.9 Å². The molecular weight excluding hydrogens is 258 g/mol. The highest BCUT2D eigenvalue weighted by molar-refractivity contribution is 7.07. The monoisotopic (exact) mass is 271 g/mol. The van der Waals surface area contributed by atoms with Crippen molar-refractivity contribution in [1.29, 1.82) is 0 Å². The summed E-state index contributed by atoms with van der Waals surface area (Å²) >= 11 is 1.03. The van der Waals surface area contributed by atoms with Gasteiger partial charge in [-0.25, -0.2) is 4.79 Å². The maximum Gasteiger partial charge on any atom is 0.331 e. The van der Waals surface area contributed by atoms with Crippen molar-refractivity contribution in [1.82, 2.24) is 14.5 Å². The van der Waals surface area contributed by atoms with Crippen LogP contribution >= 0.6 is 11.5 Å². The number of hydrogen-bond donors (Lipinski definition) is 0. The Hall–Kier alpha value is -1.54. The number of aryl methyl sites for hydroxylation is 1. The lowest BCUT2D eigenvalue weighted by atomic mass is 10.2. The molecule has 0 saturated carbocycles. The Kier molecular flexibility index (Phi) is 3.87. The second-order valence-corrected chi connectivity index (χ2v) is 4.55. The van der Waals surface area contributed by atoms with Crippen LogP contribution in [0.5, 0.6) is 0 Å². The number of hydrogen-bond acceptors (Lipinski definition) is 7. The Morgan fingerprint density at radius 2 is 2.33 bits per heavy atom. The highest BCUT2D eigenvalue weighted by Gasteiger charge is 2.35. The van der Waals surface area contributed by atoms with Crippen LogP contribution in [0.1, 0.15) is 15.4 Å². The molecule has 0 radical (unpaired) electrons. The van der Waals surface area contributed by atoms with Crippen LogP contribution in [0.2, 0.25) is 0 Å². The fraction of sp³-hybridized carbons (Fsp3) is 0.600. The molecule has 98 valence electrons. The zero-order valence-corrected chi connectivity index (χ0v) is 10.9. The number of nitrogens with zero attached hydrogens (tertiary/aromatic N) is 3. The molecule has 2 rings (SSSR count). The minimum absolute atomic E-state index is 0.156. The largest absolute Gasteiger partial charge is 0.467 e. The van der Waals surface area contributed by atoms with E-state index in [0.29, 0.717) is 23.7 Å². The lowest BCUT2D eigenvalue weighted by molar-refractivity contribution is -0.151. The fourth-order valence-electron chi connectivity index (χ4n) is 1.74. The van der Waals surface area contributed by atoms with Gasteiger partial charge in [-0.2, -0.15) is 0 Å². The van der Waals surface area contributed by atoms with Crippen molar-refractivity contribution in [2.45, 2.75) is 13.0 Å². The molecule has 0 aromatic carbocycles. The summed E-state index contributed by atoms with van der Waals surface area (Å²) in [5.41, 5.74) is 0.570. The number of esters is 1. The third kappa shape index (κ3) is 2.34. The van der Waals surface area contributed by atoms with Crippen molar-refractivity contribution >= 4 is 23.4 Å². The molecule has 1 amide bonds. The number of amides is 1. The van der Waals surface area contributed by atoms with Crippen LogP contribution in [0.4, 0.5) is 0 Å². The second kappa shape index (κ2) is 5.40. The van der Waals surface area contributed by atoms with E-state index in [1.54, 1.807) is 6.92 Å². The number of methoxy groups -OCH3 is 1. The van der Waals surface area contributed by atoms with Crippen LogP contribution < -0.4 is 0 Å². The van der Waals surface area contributed by atoms with Gasteiger partial charge in [0.25, 0.3) is 5.91 Å². The minimum atomic E-state index is -0.697. The van der Waals surface area contributed by atoms with Gasteiger partial charge in [0.05, 0.1) is 26.0 Å². The lowest BCUT2D eigenvalue weighted by Crippen LogP contribution is -2.53. The number of rotatable bonds is 2. The molecule has 1 aromatic rings. The topological polar surface area (TPSA) is 81.6 Å². The second-order valence-electron chi connectivity index (χ2n) is 3.80. The summed E-state index contributed by atoms with van der Waals surface area (Å²) in [4.78, 5) is 25.8. The lowest BCUT2D eigenvalue weighted by Gasteiger charge is -2.33. The molecule has 1 fully saturated rings. The molecule has 0 aliphatic carbocycles. The summed E-state index contributed by atoms with van der Waals surface area (Å²) in [6, 6.07) is -0.697. The Balaban J connectivity index is 2.21. The maximum absolute atomic E-state index is 12.3. The SMILES string of the molecule is COC(=O)C1COCCN1C(=O)c1snnc1C. The van der Waals surface area contributed by atoms with Gasteiger partial charge in [-0.3, -0.25) is 4.79 Å². The Morgan fingerprint density at radius 3 is 2.94 bits per heavy atom. The predicted octanol–water partition coefficient (Wildman–Crippen LogP) is -0.139. The highest BCUT2D eigenvalue weighted by Crippen LogP contribution is 2.17. The molecule has 0 spiro atoms. The van der Waals surface area contributed by atoms with Gasteiger partial charge in [-0.1, -0.05) is 4.49 Å². The van der Waals surface area contributed by atoms with Crippen LogP contribution in [-0.2, 0) is 14.3 Å². The quantitative estimate of drug-likeness (QED) is 0.696. The molecule has 1 aliphatic rings. The van der Waals surface area contributed by atoms with Gasteiger partial charge in [0.15, 0.2) is 6.04 Å². The Bertz CT molecular complexity index is 462. The number of ether oxygens (including phenoxy) is 2. The number of carbonyl (C=O) groups excluding carboxylic acids is 2. The van der Waals surface area contributed by atoms with Gasteiger partial charge in [-0.05, 0) is 18.5 Å². The zero-order valence-electron chi connectivity index (χ0n) is 10.1. The van der Waals surface area contributed by atoms with E-state index in [1.165, 1.54) is 12.0 Å². The van der Waals surface area contributed by atoms with Crippen molar-refractivity contribution in [3.63, 3.8) is 0 Å². The molecular formula is C10H13N3O4S. The van der Waals surface area contributed by atoms with E-state index in [2.05, 4.69) is 14.3 Å². The number of carbonyl (C=O) groups is 2. The van der Waals surface area contributed by atoms with E-state index < -0.39 is 12.0 Å². The summed E-state index contributed by atoms with van der Waals surface area (Å²) < 4.78 is 13.6. The number of morpholine rings is 1. The van der Waals surface area contributed by atoms with Crippen molar-refractivity contribution in [3.8, 4) is 0 Å². The average molecular weight is 271 g/mol. The van der Waals surface area contributed by atoms with Gasteiger partial charge < -0.3 is 14.4 Å². The van der Waals surface area contributed by atoms with E-state index in [4.69, 9.17) is 4.74 Å². The normalized spacial score (nSPS) is 19.7. The summed E-state index contributed by atoms with van der Waals surface area (Å²) in [6.45, 7) is 2.63. The van der Waals surface area contributed by atoms with Crippen LogP contribution in [0, 0.1) is 6.92 Å². The third-order valence-electron chi connectivity index (χ3n) is 2.71. The Morgan fingerprint density at radius 1 is 1.56 bits per heavy atom. The zero-order chi connectivity index (χ0) is 13.1. The molecule has 1 unspecified atom stereocenters. The molecule has 0 N–H and O–H groups in total. The van der Waals surface area contributed by atoms with E-state index >= 15 is 0 Å². The van der Waals surface area contributed by atoms with Gasteiger partial charge in [0.1, 0.15) is 4.88 Å². The van der Waals surface area contributed by atoms with E-state index in [1.807, 2.05) is 0 Å². The first-order valence-corrected chi connectivity index (χ1v) is 6.18. The molecule has 1 atom stereocenters. The van der Waals surface area contributed by atoms with Crippen molar-refractivity contribution < 1.29 is 19.1 Å². The average Bonchev–Trinajstić information content (AvgIpc) is 2.83. The first-order valence-electron chi connectivity index (χ1n) is 5.40. The number of aromatic nitrogens is 2. The summed E-state index contributed by atoms with van der Waals surface area (Å²) in [5.74, 6) is -0.723. The molecule has 1 aliphatic heterocycles. The van der Waals surface area contributed by atoms with Gasteiger partial charge in [0.2, 0.25) is 0 Å². The minimum Gasteiger partial charge on any atom is -0.467 e. The smallest absolute Gasteiger partial charge is 0.331 e. The van der Waals surface area contributed by atoms with Gasteiger partial charge >= 0.3 is 5.97 Å². The van der Waals surface area contributed by atoms with Crippen LogP contribution in [-0.4, -0.2) is 59.3 Å². The predicted molar refractivity (Wildman–Crippen MR) is 62.3 cm³/mol. The molecule has 18 heavy (non-hydrogen) atoms. The Labute approximate surface area is 108 Å². The van der Waals surface area contributed by atoms with Crippen molar-refractivity contribution in [2.24, 2.45) is 0 Å². The first kappa shape index (κ1) is 12.9. The summed E-state index contributed by atoms with van der Waals surface area (Å²) in [5, 5.41) is 3.80. The molecule has 8 heteroatoms. The van der Waals surface area contributed by atoms with Gasteiger partial charge in [0, 0.05) is 6.54 Å². The summed E-state index contributed by atoms with van der Waals surface area (Å²) in [7, 11) is 1.29. The van der Waals surface area contributed by atoms with E-state index in [0.717, 1.165) is 11.5 Å². The first-order chi connectivity index (χ1) is 8.65. The molecule has 2 heterocycles. The highest BCUT2D eigenvalue weighted by atomic mass is 32.1. The van der Waals surface area contributed by atoms with E-state index in [-0.39, 0.29) is 12.5 Å². The van der Waals surface area contributed by atoms with E-state index in [9.17, 15) is 9.59 Å².